The molecule has 42 heavy (non-hydrogen) atoms. The number of carbonyl (C=O) groups is 2. The fourth-order valence-corrected chi connectivity index (χ4v) is 8.99. The van der Waals surface area contributed by atoms with Crippen LogP contribution in [0, 0.1) is 10.8 Å². The molecule has 0 radical (unpaired) electrons. The van der Waals surface area contributed by atoms with Gasteiger partial charge in [-0.3, -0.25) is 9.59 Å². The van der Waals surface area contributed by atoms with Crippen LogP contribution in [0.2, 0.25) is 0 Å². The molecule has 224 valence electrons. The Balaban J connectivity index is 1.68. The summed E-state index contributed by atoms with van der Waals surface area (Å²) in [5.74, 6) is -0.432. The van der Waals surface area contributed by atoms with Crippen molar-refractivity contribution in [2.45, 2.75) is 64.2 Å². The van der Waals surface area contributed by atoms with Gasteiger partial charge in [0.25, 0.3) is 0 Å². The van der Waals surface area contributed by atoms with Gasteiger partial charge in [-0.1, -0.05) is 45.9 Å². The van der Waals surface area contributed by atoms with E-state index >= 15 is 0 Å². The molecule has 1 aliphatic heterocycles. The van der Waals surface area contributed by atoms with E-state index in [2.05, 4.69) is 64.5 Å². The van der Waals surface area contributed by atoms with Crippen LogP contribution in [0.1, 0.15) is 64.9 Å². The average molecular weight is 722 g/mol. The largest absolute Gasteiger partial charge is 0.383 e. The lowest BCUT2D eigenvalue weighted by Gasteiger charge is -2.49. The fraction of sp³-hybridized carbons (Fsp3) is 0.438. The maximum absolute atomic E-state index is 14.0. The normalized spacial score (nSPS) is 20.5. The van der Waals surface area contributed by atoms with Gasteiger partial charge >= 0.3 is 10.1 Å². The highest BCUT2D eigenvalue weighted by molar-refractivity contribution is 9.11. The van der Waals surface area contributed by atoms with Crippen LogP contribution in [-0.2, 0) is 24.4 Å². The minimum Gasteiger partial charge on any atom is -0.383 e. The molecule has 0 saturated carbocycles. The zero-order valence-electron chi connectivity index (χ0n) is 24.4. The third-order valence-corrected chi connectivity index (χ3v) is 10.5. The number of hydrogen-bond acceptors (Lipinski definition) is 7. The summed E-state index contributed by atoms with van der Waals surface area (Å²) >= 11 is 7.06. The Morgan fingerprint density at radius 1 is 0.857 bits per heavy atom. The summed E-state index contributed by atoms with van der Waals surface area (Å²) < 4.78 is 37.8. The second kappa shape index (κ2) is 11.3. The van der Waals surface area contributed by atoms with Crippen LogP contribution < -0.4 is 4.18 Å². The molecule has 0 unspecified atom stereocenters. The number of ketones is 2. The molecule has 0 fully saturated rings. The molecule has 0 saturated heterocycles. The number of rotatable bonds is 7. The quantitative estimate of drug-likeness (QED) is 0.277. The Kier molecular flexibility index (Phi) is 8.41. The van der Waals surface area contributed by atoms with Crippen molar-refractivity contribution in [2.75, 3.05) is 20.3 Å². The van der Waals surface area contributed by atoms with Crippen molar-refractivity contribution in [1.82, 2.24) is 4.90 Å². The van der Waals surface area contributed by atoms with Gasteiger partial charge in [0, 0.05) is 55.0 Å². The first-order valence-electron chi connectivity index (χ1n) is 13.9. The van der Waals surface area contributed by atoms with E-state index in [4.69, 9.17) is 8.92 Å². The first-order valence-corrected chi connectivity index (χ1v) is 16.9. The molecular formula is C32H35Br2NO6S. The molecule has 0 spiro atoms. The van der Waals surface area contributed by atoms with Crippen molar-refractivity contribution < 1.29 is 26.9 Å². The maximum Gasteiger partial charge on any atom is 0.339 e. The number of allylic oxidation sites excluding steroid dienone is 4. The lowest BCUT2D eigenvalue weighted by molar-refractivity contribution is -0.119. The monoisotopic (exact) mass is 719 g/mol. The molecule has 2 aromatic rings. The van der Waals surface area contributed by atoms with E-state index in [1.807, 2.05) is 0 Å². The Bertz CT molecular complexity index is 1550. The molecule has 0 amide bonds. The predicted molar refractivity (Wildman–Crippen MR) is 168 cm³/mol. The molecule has 10 heteroatoms. The molecule has 7 nitrogen and oxygen atoms in total. The highest BCUT2D eigenvalue weighted by atomic mass is 79.9. The zero-order valence-corrected chi connectivity index (χ0v) is 28.4. The number of benzene rings is 2. The minimum absolute atomic E-state index is 0.0251. The third-order valence-electron chi connectivity index (χ3n) is 8.12. The molecule has 1 heterocycles. The van der Waals surface area contributed by atoms with E-state index in [9.17, 15) is 18.0 Å². The number of nitrogens with zero attached hydrogens (tertiary/aromatic N) is 1. The predicted octanol–water partition coefficient (Wildman–Crippen LogP) is 7.31. The average Bonchev–Trinajstić information content (AvgIpc) is 2.88. The first-order chi connectivity index (χ1) is 19.6. The molecule has 0 atom stereocenters. The van der Waals surface area contributed by atoms with E-state index in [0.717, 1.165) is 11.4 Å². The highest BCUT2D eigenvalue weighted by Gasteiger charge is 2.49. The summed E-state index contributed by atoms with van der Waals surface area (Å²) in [6.45, 7) is 9.41. The highest BCUT2D eigenvalue weighted by Crippen LogP contribution is 2.55. The number of methoxy groups -OCH3 is 1. The van der Waals surface area contributed by atoms with E-state index in [-0.39, 0.29) is 33.0 Å². The van der Waals surface area contributed by atoms with E-state index < -0.39 is 16.0 Å². The van der Waals surface area contributed by atoms with Gasteiger partial charge in [-0.25, -0.2) is 0 Å². The number of carbonyl (C=O) groups excluding carboxylic acids is 2. The van der Waals surface area contributed by atoms with Gasteiger partial charge < -0.3 is 13.8 Å². The van der Waals surface area contributed by atoms with Crippen LogP contribution in [0.15, 0.2) is 78.8 Å². The first kappa shape index (κ1) is 31.2. The third kappa shape index (κ3) is 5.92. The van der Waals surface area contributed by atoms with Gasteiger partial charge in [0.1, 0.15) is 4.90 Å². The van der Waals surface area contributed by atoms with Crippen molar-refractivity contribution in [3.05, 3.63) is 79.5 Å². The van der Waals surface area contributed by atoms with Crippen molar-refractivity contribution in [2.24, 2.45) is 10.8 Å². The Labute approximate surface area is 264 Å². The van der Waals surface area contributed by atoms with E-state index in [1.54, 1.807) is 37.4 Å². The summed E-state index contributed by atoms with van der Waals surface area (Å²) in [5.41, 5.74) is 3.42. The van der Waals surface area contributed by atoms with Gasteiger partial charge in [-0.15, -0.1) is 0 Å². The summed E-state index contributed by atoms with van der Waals surface area (Å²) in [6.07, 6.45) is 2.14. The zero-order chi connectivity index (χ0) is 30.6. The Morgan fingerprint density at radius 2 is 1.36 bits per heavy atom. The second-order valence-corrected chi connectivity index (χ2v) is 16.1. The lowest BCUT2D eigenvalue weighted by atomic mass is 9.63. The van der Waals surface area contributed by atoms with Crippen LogP contribution in [0.25, 0.3) is 0 Å². The molecule has 5 rings (SSSR count). The summed E-state index contributed by atoms with van der Waals surface area (Å²) in [4.78, 5) is 30.1. The topological polar surface area (TPSA) is 90.0 Å². The summed E-state index contributed by atoms with van der Waals surface area (Å²) in [5, 5.41) is 0. The molecule has 0 bridgehead atoms. The van der Waals surface area contributed by atoms with Gasteiger partial charge in [-0.05, 0) is 85.4 Å². The van der Waals surface area contributed by atoms with E-state index in [0.29, 0.717) is 64.5 Å². The minimum atomic E-state index is -4.10. The second-order valence-electron chi connectivity index (χ2n) is 12.8. The van der Waals surface area contributed by atoms with Crippen LogP contribution in [-0.4, -0.2) is 45.1 Å². The van der Waals surface area contributed by atoms with Crippen LogP contribution in [0.5, 0.6) is 5.75 Å². The van der Waals surface area contributed by atoms with Crippen LogP contribution in [0.3, 0.4) is 0 Å². The standard InChI is InChI=1S/C32H35Br2NO6S/c1-31(2)15-23-28(25(36)17-31)27(29-24(35(23)11-12-40-5)16-32(3,4)18-26(29)37)19-13-21(33)30(22(34)14-19)41-42(38,39)20-9-7-6-8-10-20/h6-10,13-14,27H,11-12,15-18H2,1-5H3. The molecule has 2 aromatic carbocycles. The Hall–Kier alpha value is -2.27. The van der Waals surface area contributed by atoms with Crippen LogP contribution in [0.4, 0.5) is 0 Å². The molecule has 0 aromatic heterocycles. The summed E-state index contributed by atoms with van der Waals surface area (Å²) in [7, 11) is -2.45. The van der Waals surface area contributed by atoms with E-state index in [1.165, 1.54) is 12.1 Å². The summed E-state index contributed by atoms with van der Waals surface area (Å²) in [6, 6.07) is 11.5. The number of Topliss-reactive ketones (excluding diaryl/α,β-unsaturated/α-hetero) is 2. The van der Waals surface area contributed by atoms with Crippen LogP contribution >= 0.6 is 31.9 Å². The Morgan fingerprint density at radius 3 is 1.83 bits per heavy atom. The van der Waals surface area contributed by atoms with Gasteiger partial charge in [0.15, 0.2) is 17.3 Å². The molecular weight excluding hydrogens is 686 g/mol. The number of ether oxygens (including phenoxy) is 1. The van der Waals surface area contributed by atoms with Gasteiger partial charge in [0.05, 0.1) is 15.6 Å². The smallest absolute Gasteiger partial charge is 0.339 e. The molecule has 0 N–H and O–H groups in total. The maximum atomic E-state index is 14.0. The SMILES string of the molecule is COCCN1C2=C(C(=O)CC(C)(C)C2)C(c2cc(Br)c(OS(=O)(=O)c3ccccc3)c(Br)c2)C2=C1CC(C)(C)CC2=O. The number of halogens is 2. The van der Waals surface area contributed by atoms with Crippen molar-refractivity contribution >= 4 is 53.5 Å². The van der Waals surface area contributed by atoms with Crippen molar-refractivity contribution in [1.29, 1.82) is 0 Å². The van der Waals surface area contributed by atoms with Crippen molar-refractivity contribution in [3.8, 4) is 5.75 Å². The van der Waals surface area contributed by atoms with Gasteiger partial charge in [-0.2, -0.15) is 8.42 Å². The molecule has 2 aliphatic carbocycles. The fourth-order valence-electron chi connectivity index (χ4n) is 6.40. The molecule has 3 aliphatic rings. The lowest BCUT2D eigenvalue weighted by Crippen LogP contribution is -2.45. The van der Waals surface area contributed by atoms with Gasteiger partial charge in [0.2, 0.25) is 0 Å². The van der Waals surface area contributed by atoms with Crippen molar-refractivity contribution in [3.63, 3.8) is 0 Å². The number of hydrogen-bond donors (Lipinski definition) is 0.